The predicted octanol–water partition coefficient (Wildman–Crippen LogP) is 3.40. The highest BCUT2D eigenvalue weighted by Gasteiger charge is 2.13. The maximum absolute atomic E-state index is 11.7. The average Bonchev–Trinajstić information content (AvgIpc) is 2.46. The second kappa shape index (κ2) is 6.43. The van der Waals surface area contributed by atoms with Gasteiger partial charge in [-0.1, -0.05) is 28.1 Å². The van der Waals surface area contributed by atoms with Crippen molar-refractivity contribution in [3.63, 3.8) is 0 Å². The molecule has 0 unspecified atom stereocenters. The molecule has 0 heterocycles. The van der Waals surface area contributed by atoms with Gasteiger partial charge in [0.1, 0.15) is 17.9 Å². The lowest BCUT2D eigenvalue weighted by Crippen LogP contribution is -2.06. The maximum atomic E-state index is 11.7. The third kappa shape index (κ3) is 3.51. The first-order chi connectivity index (χ1) is 9.60. The average molecular weight is 336 g/mol. The van der Waals surface area contributed by atoms with E-state index in [2.05, 4.69) is 15.9 Å². The summed E-state index contributed by atoms with van der Waals surface area (Å²) in [6.07, 6.45) is 0. The Morgan fingerprint density at radius 1 is 1.20 bits per heavy atom. The van der Waals surface area contributed by atoms with Crippen molar-refractivity contribution >= 4 is 27.6 Å². The maximum Gasteiger partial charge on any atom is 0.341 e. The van der Waals surface area contributed by atoms with E-state index in [9.17, 15) is 4.79 Å². The molecule has 0 aliphatic rings. The number of rotatable bonds is 4. The van der Waals surface area contributed by atoms with Crippen molar-refractivity contribution in [3.8, 4) is 5.75 Å². The van der Waals surface area contributed by atoms with Crippen LogP contribution in [0, 0.1) is 0 Å². The number of nitrogen functional groups attached to an aromatic ring is 1. The van der Waals surface area contributed by atoms with Crippen LogP contribution < -0.4 is 10.5 Å². The van der Waals surface area contributed by atoms with Gasteiger partial charge in [0.2, 0.25) is 0 Å². The topological polar surface area (TPSA) is 61.5 Å². The smallest absolute Gasteiger partial charge is 0.341 e. The third-order valence-electron chi connectivity index (χ3n) is 2.72. The van der Waals surface area contributed by atoms with Gasteiger partial charge in [-0.15, -0.1) is 0 Å². The molecule has 20 heavy (non-hydrogen) atoms. The number of hydrogen-bond acceptors (Lipinski definition) is 4. The van der Waals surface area contributed by atoms with Gasteiger partial charge in [0, 0.05) is 16.2 Å². The number of esters is 1. The van der Waals surface area contributed by atoms with Gasteiger partial charge < -0.3 is 15.2 Å². The summed E-state index contributed by atoms with van der Waals surface area (Å²) in [5.74, 6) is -0.0319. The zero-order valence-electron chi connectivity index (χ0n) is 10.9. The molecule has 2 N–H and O–H groups in total. The van der Waals surface area contributed by atoms with E-state index in [1.165, 1.54) is 7.11 Å². The first kappa shape index (κ1) is 14.4. The minimum Gasteiger partial charge on any atom is -0.488 e. The summed E-state index contributed by atoms with van der Waals surface area (Å²) < 4.78 is 11.4. The summed E-state index contributed by atoms with van der Waals surface area (Å²) in [6, 6.07) is 12.6. The van der Waals surface area contributed by atoms with E-state index in [0.29, 0.717) is 23.6 Å². The Morgan fingerprint density at radius 3 is 2.55 bits per heavy atom. The number of hydrogen-bond donors (Lipinski definition) is 1. The van der Waals surface area contributed by atoms with Crippen LogP contribution in [-0.4, -0.2) is 13.1 Å². The quantitative estimate of drug-likeness (QED) is 0.687. The van der Waals surface area contributed by atoms with Crippen molar-refractivity contribution in [1.82, 2.24) is 0 Å². The molecule has 5 heteroatoms. The van der Waals surface area contributed by atoms with Crippen LogP contribution >= 0.6 is 15.9 Å². The Balaban J connectivity index is 2.17. The van der Waals surface area contributed by atoms with Crippen molar-refractivity contribution in [2.75, 3.05) is 12.8 Å². The Kier molecular flexibility index (Phi) is 4.63. The van der Waals surface area contributed by atoms with Crippen molar-refractivity contribution < 1.29 is 14.3 Å². The number of ether oxygens (including phenoxy) is 2. The van der Waals surface area contributed by atoms with E-state index < -0.39 is 5.97 Å². The Bertz CT molecular complexity index is 611. The fraction of sp³-hybridized carbons (Fsp3) is 0.133. The van der Waals surface area contributed by atoms with Crippen LogP contribution in [-0.2, 0) is 11.3 Å². The molecule has 0 bridgehead atoms. The fourth-order valence-corrected chi connectivity index (χ4v) is 1.94. The molecule has 0 radical (unpaired) electrons. The van der Waals surface area contributed by atoms with Crippen LogP contribution in [0.4, 0.5) is 5.69 Å². The van der Waals surface area contributed by atoms with Crippen LogP contribution in [0.25, 0.3) is 0 Å². The van der Waals surface area contributed by atoms with Crippen LogP contribution in [0.15, 0.2) is 46.9 Å². The summed E-state index contributed by atoms with van der Waals surface area (Å²) in [4.78, 5) is 11.7. The largest absolute Gasteiger partial charge is 0.488 e. The zero-order chi connectivity index (χ0) is 14.5. The molecule has 0 aliphatic carbocycles. The van der Waals surface area contributed by atoms with Gasteiger partial charge in [-0.2, -0.15) is 0 Å². The summed E-state index contributed by atoms with van der Waals surface area (Å²) in [5.41, 5.74) is 7.60. The predicted molar refractivity (Wildman–Crippen MR) is 80.7 cm³/mol. The van der Waals surface area contributed by atoms with E-state index in [0.717, 1.165) is 10.0 Å². The van der Waals surface area contributed by atoms with Crippen molar-refractivity contribution in [2.45, 2.75) is 6.61 Å². The molecule has 104 valence electrons. The Morgan fingerprint density at radius 2 is 1.90 bits per heavy atom. The number of carbonyl (C=O) groups is 1. The molecule has 4 nitrogen and oxygen atoms in total. The molecule has 0 spiro atoms. The first-order valence-electron chi connectivity index (χ1n) is 5.95. The zero-order valence-corrected chi connectivity index (χ0v) is 12.5. The highest BCUT2D eigenvalue weighted by Crippen LogP contribution is 2.24. The fourth-order valence-electron chi connectivity index (χ4n) is 1.68. The van der Waals surface area contributed by atoms with E-state index in [-0.39, 0.29) is 0 Å². The van der Waals surface area contributed by atoms with Gasteiger partial charge in [0.15, 0.2) is 0 Å². The molecule has 0 fully saturated rings. The number of carbonyl (C=O) groups excluding carboxylic acids is 1. The van der Waals surface area contributed by atoms with Gasteiger partial charge in [0.25, 0.3) is 0 Å². The monoisotopic (exact) mass is 335 g/mol. The molecule has 2 aromatic rings. The SMILES string of the molecule is COC(=O)c1ccc(N)cc1OCc1ccc(Br)cc1. The van der Waals surface area contributed by atoms with Crippen LogP contribution in [0.1, 0.15) is 15.9 Å². The number of anilines is 1. The van der Waals surface area contributed by atoms with Gasteiger partial charge in [-0.3, -0.25) is 0 Å². The highest BCUT2D eigenvalue weighted by atomic mass is 79.9. The summed E-state index contributed by atoms with van der Waals surface area (Å²) in [6.45, 7) is 0.348. The Hall–Kier alpha value is -2.01. The highest BCUT2D eigenvalue weighted by molar-refractivity contribution is 9.10. The molecule has 0 aromatic heterocycles. The second-order valence-corrected chi connectivity index (χ2v) is 5.08. The molecular weight excluding hydrogens is 322 g/mol. The van der Waals surface area contributed by atoms with Crippen molar-refractivity contribution in [3.05, 3.63) is 58.1 Å². The molecule has 0 amide bonds. The molecule has 0 atom stereocenters. The standard InChI is InChI=1S/C15H14BrNO3/c1-19-15(18)13-7-6-12(17)8-14(13)20-9-10-2-4-11(16)5-3-10/h2-8H,9,17H2,1H3. The minimum atomic E-state index is -0.448. The normalized spacial score (nSPS) is 10.1. The third-order valence-corrected chi connectivity index (χ3v) is 3.25. The van der Waals surface area contributed by atoms with E-state index in [1.807, 2.05) is 24.3 Å². The number of halogens is 1. The summed E-state index contributed by atoms with van der Waals surface area (Å²) in [5, 5.41) is 0. The van der Waals surface area contributed by atoms with Crippen LogP contribution in [0.5, 0.6) is 5.75 Å². The summed E-state index contributed by atoms with van der Waals surface area (Å²) in [7, 11) is 1.33. The molecule has 2 rings (SSSR count). The summed E-state index contributed by atoms with van der Waals surface area (Å²) >= 11 is 3.37. The van der Waals surface area contributed by atoms with Crippen molar-refractivity contribution in [1.29, 1.82) is 0 Å². The second-order valence-electron chi connectivity index (χ2n) is 4.16. The van der Waals surface area contributed by atoms with Crippen LogP contribution in [0.2, 0.25) is 0 Å². The van der Waals surface area contributed by atoms with Crippen LogP contribution in [0.3, 0.4) is 0 Å². The number of benzene rings is 2. The lowest BCUT2D eigenvalue weighted by atomic mass is 10.2. The lowest BCUT2D eigenvalue weighted by molar-refractivity contribution is 0.0595. The molecule has 0 saturated carbocycles. The van der Waals surface area contributed by atoms with Gasteiger partial charge in [-0.05, 0) is 29.8 Å². The molecule has 2 aromatic carbocycles. The van der Waals surface area contributed by atoms with E-state index in [4.69, 9.17) is 15.2 Å². The van der Waals surface area contributed by atoms with Gasteiger partial charge in [-0.25, -0.2) is 4.79 Å². The van der Waals surface area contributed by atoms with Crippen molar-refractivity contribution in [2.24, 2.45) is 0 Å². The van der Waals surface area contributed by atoms with Gasteiger partial charge >= 0.3 is 5.97 Å². The van der Waals surface area contributed by atoms with Gasteiger partial charge in [0.05, 0.1) is 7.11 Å². The Labute approximate surface area is 125 Å². The lowest BCUT2D eigenvalue weighted by Gasteiger charge is -2.11. The van der Waals surface area contributed by atoms with E-state index >= 15 is 0 Å². The van der Waals surface area contributed by atoms with E-state index in [1.54, 1.807) is 18.2 Å². The molecule has 0 saturated heterocycles. The first-order valence-corrected chi connectivity index (χ1v) is 6.74. The number of nitrogens with two attached hydrogens (primary N) is 1. The number of methoxy groups -OCH3 is 1. The minimum absolute atomic E-state index is 0.348. The molecular formula is C15H14BrNO3. The molecule has 0 aliphatic heterocycles.